The molecule has 4 aromatic rings. The van der Waals surface area contributed by atoms with Crippen LogP contribution in [0.1, 0.15) is 59.1 Å². The molecular formula is C37H34ClN3O2. The lowest BCUT2D eigenvalue weighted by Crippen LogP contribution is -2.30. The van der Waals surface area contributed by atoms with E-state index in [4.69, 9.17) is 11.6 Å². The zero-order valence-corrected chi connectivity index (χ0v) is 25.1. The maximum absolute atomic E-state index is 12.6. The topological polar surface area (TPSA) is 71.1 Å². The second-order valence-electron chi connectivity index (χ2n) is 10.5. The maximum atomic E-state index is 12.6. The Morgan fingerprint density at radius 2 is 1.63 bits per heavy atom. The average molecular weight is 588 g/mol. The van der Waals surface area contributed by atoms with Crippen molar-refractivity contribution in [1.82, 2.24) is 15.6 Å². The van der Waals surface area contributed by atoms with Gasteiger partial charge >= 0.3 is 0 Å². The van der Waals surface area contributed by atoms with Crippen LogP contribution in [-0.2, 0) is 11.2 Å². The van der Waals surface area contributed by atoms with Gasteiger partial charge in [-0.2, -0.15) is 0 Å². The van der Waals surface area contributed by atoms with E-state index in [1.165, 1.54) is 18.1 Å². The second-order valence-corrected chi connectivity index (χ2v) is 10.9. The molecular weight excluding hydrogens is 554 g/mol. The van der Waals surface area contributed by atoms with Gasteiger partial charge in [0.25, 0.3) is 5.91 Å². The summed E-state index contributed by atoms with van der Waals surface area (Å²) in [4.78, 5) is 29.3. The SMILES string of the molecule is CCNC(=O)c1ccccc1C(CCc1cccc(/C=C/c2ccc3ccc(Cl)cc3n2)c1)NC(C)=O.c1cc2cc-2c1. The Morgan fingerprint density at radius 3 is 2.35 bits per heavy atom. The highest BCUT2D eigenvalue weighted by molar-refractivity contribution is 6.31. The van der Waals surface area contributed by atoms with Crippen molar-refractivity contribution >= 4 is 46.5 Å². The van der Waals surface area contributed by atoms with Crippen molar-refractivity contribution in [2.45, 2.75) is 32.7 Å². The van der Waals surface area contributed by atoms with Crippen LogP contribution >= 0.6 is 11.6 Å². The van der Waals surface area contributed by atoms with Gasteiger partial charge in [-0.25, -0.2) is 4.98 Å². The van der Waals surface area contributed by atoms with Crippen LogP contribution in [-0.4, -0.2) is 23.3 Å². The minimum absolute atomic E-state index is 0.128. The molecule has 5 nitrogen and oxygen atoms in total. The molecule has 0 fully saturated rings. The Balaban J connectivity index is 0.000000537. The molecule has 6 rings (SSSR count). The number of carbonyl (C=O) groups is 2. The first-order valence-electron chi connectivity index (χ1n) is 14.5. The van der Waals surface area contributed by atoms with Gasteiger partial charge in [0, 0.05) is 29.4 Å². The van der Waals surface area contributed by atoms with Gasteiger partial charge in [0.05, 0.1) is 17.3 Å². The molecule has 1 unspecified atom stereocenters. The van der Waals surface area contributed by atoms with Crippen molar-refractivity contribution < 1.29 is 9.59 Å². The predicted octanol–water partition coefficient (Wildman–Crippen LogP) is 8.29. The summed E-state index contributed by atoms with van der Waals surface area (Å²) >= 11 is 6.12. The van der Waals surface area contributed by atoms with Crippen molar-refractivity contribution in [2.24, 2.45) is 0 Å². The van der Waals surface area contributed by atoms with Gasteiger partial charge in [-0.1, -0.05) is 90.5 Å². The maximum Gasteiger partial charge on any atom is 0.251 e. The highest BCUT2D eigenvalue weighted by atomic mass is 35.5. The molecule has 0 saturated carbocycles. The average Bonchev–Trinajstić information content (AvgIpc) is 3.61. The summed E-state index contributed by atoms with van der Waals surface area (Å²) in [5.74, 6) is -0.262. The zero-order chi connectivity index (χ0) is 30.2. The highest BCUT2D eigenvalue weighted by Gasteiger charge is 2.19. The third-order valence-corrected chi connectivity index (χ3v) is 7.44. The fourth-order valence-electron chi connectivity index (χ4n) is 5.03. The smallest absolute Gasteiger partial charge is 0.251 e. The number of carbonyl (C=O) groups excluding carboxylic acids is 2. The van der Waals surface area contributed by atoms with Gasteiger partial charge in [0.2, 0.25) is 5.91 Å². The molecule has 0 spiro atoms. The van der Waals surface area contributed by atoms with Crippen LogP contribution in [0, 0.1) is 0 Å². The van der Waals surface area contributed by atoms with E-state index >= 15 is 0 Å². The Kier molecular flexibility index (Phi) is 9.65. The summed E-state index contributed by atoms with van der Waals surface area (Å²) in [6, 6.07) is 33.7. The number of benzene rings is 4. The molecule has 2 aliphatic carbocycles. The molecule has 1 heterocycles. The molecule has 0 aliphatic heterocycles. The summed E-state index contributed by atoms with van der Waals surface area (Å²) in [5, 5.41) is 7.61. The van der Waals surface area contributed by atoms with E-state index in [1.54, 1.807) is 6.07 Å². The lowest BCUT2D eigenvalue weighted by Gasteiger charge is -2.21. The first-order chi connectivity index (χ1) is 20.9. The van der Waals surface area contributed by atoms with Crippen molar-refractivity contribution in [3.63, 3.8) is 0 Å². The Morgan fingerprint density at radius 1 is 0.860 bits per heavy atom. The van der Waals surface area contributed by atoms with Crippen LogP contribution in [0.15, 0.2) is 103 Å². The number of aryl methyl sites for hydroxylation is 1. The molecule has 0 saturated heterocycles. The zero-order valence-electron chi connectivity index (χ0n) is 24.3. The number of amides is 2. The molecule has 1 aromatic heterocycles. The molecule has 2 aliphatic rings. The lowest BCUT2D eigenvalue weighted by molar-refractivity contribution is -0.119. The number of rotatable bonds is 9. The first kappa shape index (κ1) is 29.7. The number of hydrogen-bond donors (Lipinski definition) is 2. The van der Waals surface area contributed by atoms with Crippen LogP contribution in [0.3, 0.4) is 0 Å². The van der Waals surface area contributed by atoms with E-state index in [2.05, 4.69) is 52.0 Å². The fraction of sp³-hybridized carbons (Fsp3) is 0.162. The molecule has 0 radical (unpaired) electrons. The normalized spacial score (nSPS) is 11.9. The Labute approximate surface area is 257 Å². The fourth-order valence-corrected chi connectivity index (χ4v) is 5.20. The third-order valence-electron chi connectivity index (χ3n) is 7.20. The summed E-state index contributed by atoms with van der Waals surface area (Å²) in [5.41, 5.74) is 8.18. The first-order valence-corrected chi connectivity index (χ1v) is 14.9. The molecule has 43 heavy (non-hydrogen) atoms. The lowest BCUT2D eigenvalue weighted by atomic mass is 9.94. The molecule has 3 aromatic carbocycles. The van der Waals surface area contributed by atoms with E-state index in [1.807, 2.05) is 79.7 Å². The van der Waals surface area contributed by atoms with Gasteiger partial charge in [-0.05, 0) is 84.0 Å². The summed E-state index contributed by atoms with van der Waals surface area (Å²) in [6.45, 7) is 3.93. The van der Waals surface area contributed by atoms with Gasteiger partial charge in [-0.15, -0.1) is 0 Å². The number of hydrogen-bond acceptors (Lipinski definition) is 3. The van der Waals surface area contributed by atoms with Gasteiger partial charge < -0.3 is 10.6 Å². The molecule has 6 heteroatoms. The third kappa shape index (κ3) is 8.18. The van der Waals surface area contributed by atoms with Crippen molar-refractivity contribution in [2.75, 3.05) is 6.54 Å². The second kappa shape index (κ2) is 14.0. The van der Waals surface area contributed by atoms with Gasteiger partial charge in [0.15, 0.2) is 0 Å². The number of nitrogens with zero attached hydrogens (tertiary/aromatic N) is 1. The number of pyridine rings is 1. The van der Waals surface area contributed by atoms with Crippen LogP contribution < -0.4 is 10.6 Å². The minimum Gasteiger partial charge on any atom is -0.352 e. The van der Waals surface area contributed by atoms with E-state index in [-0.39, 0.29) is 17.9 Å². The van der Waals surface area contributed by atoms with Crippen LogP contribution in [0.25, 0.3) is 34.2 Å². The highest BCUT2D eigenvalue weighted by Crippen LogP contribution is 2.32. The van der Waals surface area contributed by atoms with Gasteiger partial charge in [-0.3, -0.25) is 9.59 Å². The molecule has 2 amide bonds. The van der Waals surface area contributed by atoms with Crippen LogP contribution in [0.2, 0.25) is 5.02 Å². The standard InChI is InChI=1S/C31H30ClN3O2.C6H4/c1-3-33-31(37)28-10-5-4-9-27(28)29(34-21(2)36)18-12-23-8-6-7-22(19-23)11-16-26-17-14-24-13-15-25(32)20-30(24)35-26;1-2-5-4-6(5)3-1/h4-11,13-17,19-20,29H,3,12,18H2,1-2H3,(H,33,37)(H,34,36);1-4H/b16-11+;. The Hall–Kier alpha value is -4.74. The predicted molar refractivity (Wildman–Crippen MR) is 177 cm³/mol. The monoisotopic (exact) mass is 587 g/mol. The molecule has 0 bridgehead atoms. The van der Waals surface area contributed by atoms with E-state index in [0.717, 1.165) is 39.7 Å². The number of fused-ring (bicyclic) bond motifs is 2. The summed E-state index contributed by atoms with van der Waals surface area (Å²) in [7, 11) is 0. The van der Waals surface area contributed by atoms with Crippen molar-refractivity contribution in [3.8, 4) is 11.1 Å². The summed E-state index contributed by atoms with van der Waals surface area (Å²) < 4.78 is 0. The van der Waals surface area contributed by atoms with Gasteiger partial charge in [0.1, 0.15) is 0 Å². The molecule has 2 N–H and O–H groups in total. The van der Waals surface area contributed by atoms with E-state index in [9.17, 15) is 9.59 Å². The quantitative estimate of drug-likeness (QED) is 0.179. The van der Waals surface area contributed by atoms with Crippen LogP contribution in [0.4, 0.5) is 0 Å². The molecule has 1 atom stereocenters. The Bertz CT molecular complexity index is 1780. The van der Waals surface area contributed by atoms with E-state index < -0.39 is 0 Å². The van der Waals surface area contributed by atoms with Crippen molar-refractivity contribution in [1.29, 1.82) is 0 Å². The number of aromatic nitrogens is 1. The number of halogens is 1. The van der Waals surface area contributed by atoms with Crippen molar-refractivity contribution in [3.05, 3.63) is 136 Å². The largest absolute Gasteiger partial charge is 0.352 e. The van der Waals surface area contributed by atoms with E-state index in [0.29, 0.717) is 23.6 Å². The minimum atomic E-state index is -0.274. The number of nitrogens with one attached hydrogen (secondary N) is 2. The van der Waals surface area contributed by atoms with Crippen LogP contribution in [0.5, 0.6) is 0 Å². The summed E-state index contributed by atoms with van der Waals surface area (Å²) in [6.07, 6.45) is 5.43. The molecule has 216 valence electrons.